The van der Waals surface area contributed by atoms with Gasteiger partial charge in [0.25, 0.3) is 5.91 Å². The van der Waals surface area contributed by atoms with E-state index < -0.39 is 0 Å². The van der Waals surface area contributed by atoms with Crippen LogP contribution in [0.3, 0.4) is 0 Å². The van der Waals surface area contributed by atoms with Crippen LogP contribution in [0.1, 0.15) is 30.5 Å². The van der Waals surface area contributed by atoms with Gasteiger partial charge in [-0.2, -0.15) is 0 Å². The number of amides is 1. The first-order valence-corrected chi connectivity index (χ1v) is 11.3. The number of anilines is 2. The van der Waals surface area contributed by atoms with E-state index in [0.29, 0.717) is 17.2 Å². The van der Waals surface area contributed by atoms with E-state index in [1.54, 1.807) is 33.5 Å². The summed E-state index contributed by atoms with van der Waals surface area (Å²) >= 11 is 0. The maximum atomic E-state index is 13.4. The van der Waals surface area contributed by atoms with E-state index in [2.05, 4.69) is 30.4 Å². The van der Waals surface area contributed by atoms with Crippen molar-refractivity contribution >= 4 is 23.4 Å². The predicted molar refractivity (Wildman–Crippen MR) is 136 cm³/mol. The highest BCUT2D eigenvalue weighted by Gasteiger charge is 2.32. The molecule has 176 valence electrons. The predicted octanol–water partition coefficient (Wildman–Crippen LogP) is 5.70. The van der Waals surface area contributed by atoms with Gasteiger partial charge in [0, 0.05) is 23.5 Å². The third-order valence-electron chi connectivity index (χ3n) is 6.05. The number of ether oxygens (including phenoxy) is 3. The standard InChI is InChI=1S/C28H30N2O4/c1-19-16-23(29-21-10-6-5-7-11-21)22-12-8-9-13-24(22)30(19)27(31)15-14-20-17-25(32-2)28(34-4)26(18-20)33-3/h5-15,17-19,23,29H,16H2,1-4H3/t19-,23+/m1/s1. The average molecular weight is 459 g/mol. The van der Waals surface area contributed by atoms with Gasteiger partial charge in [0.05, 0.1) is 27.4 Å². The third kappa shape index (κ3) is 4.71. The zero-order chi connectivity index (χ0) is 24.1. The van der Waals surface area contributed by atoms with E-state index in [4.69, 9.17) is 14.2 Å². The number of methoxy groups -OCH3 is 3. The molecule has 1 aliphatic heterocycles. The van der Waals surface area contributed by atoms with Crippen LogP contribution >= 0.6 is 0 Å². The number of nitrogens with one attached hydrogen (secondary N) is 1. The monoisotopic (exact) mass is 458 g/mol. The topological polar surface area (TPSA) is 60.0 Å². The largest absolute Gasteiger partial charge is 0.493 e. The number of carbonyl (C=O) groups is 1. The first-order valence-electron chi connectivity index (χ1n) is 11.3. The van der Waals surface area contributed by atoms with Crippen molar-refractivity contribution in [2.45, 2.75) is 25.4 Å². The first-order chi connectivity index (χ1) is 16.5. The van der Waals surface area contributed by atoms with E-state index in [-0.39, 0.29) is 18.0 Å². The summed E-state index contributed by atoms with van der Waals surface area (Å²) in [5, 5.41) is 3.63. The molecule has 0 saturated carbocycles. The molecule has 2 atom stereocenters. The average Bonchev–Trinajstić information content (AvgIpc) is 2.87. The lowest BCUT2D eigenvalue weighted by atomic mass is 9.91. The summed E-state index contributed by atoms with van der Waals surface area (Å²) < 4.78 is 16.2. The maximum Gasteiger partial charge on any atom is 0.251 e. The van der Waals surface area contributed by atoms with Crippen LogP contribution in [0.5, 0.6) is 17.2 Å². The van der Waals surface area contributed by atoms with Crippen molar-refractivity contribution in [2.24, 2.45) is 0 Å². The molecule has 0 fully saturated rings. The number of rotatable bonds is 7. The Kier molecular flexibility index (Phi) is 7.07. The van der Waals surface area contributed by atoms with E-state index in [0.717, 1.165) is 28.9 Å². The molecule has 3 aromatic rings. The molecule has 34 heavy (non-hydrogen) atoms. The second-order valence-electron chi connectivity index (χ2n) is 8.21. The van der Waals surface area contributed by atoms with Gasteiger partial charge in [-0.05, 0) is 60.9 Å². The van der Waals surface area contributed by atoms with E-state index in [1.807, 2.05) is 53.4 Å². The number of carbonyl (C=O) groups excluding carboxylic acids is 1. The highest BCUT2D eigenvalue weighted by Crippen LogP contribution is 2.40. The molecular formula is C28H30N2O4. The van der Waals surface area contributed by atoms with Crippen LogP contribution in [-0.2, 0) is 4.79 Å². The van der Waals surface area contributed by atoms with E-state index in [9.17, 15) is 4.79 Å². The maximum absolute atomic E-state index is 13.4. The number of nitrogens with zero attached hydrogens (tertiary/aromatic N) is 1. The van der Waals surface area contributed by atoms with Gasteiger partial charge in [0.1, 0.15) is 0 Å². The minimum atomic E-state index is -0.0770. The summed E-state index contributed by atoms with van der Waals surface area (Å²) in [6.45, 7) is 2.08. The molecule has 1 amide bonds. The summed E-state index contributed by atoms with van der Waals surface area (Å²) in [7, 11) is 4.71. The summed E-state index contributed by atoms with van der Waals surface area (Å²) in [5.41, 5.74) is 3.88. The SMILES string of the molecule is COc1cc(C=CC(=O)N2c3ccccc3[C@@H](Nc3ccccc3)C[C@H]2C)cc(OC)c1OC. The van der Waals surface area contributed by atoms with Gasteiger partial charge in [0.15, 0.2) is 11.5 Å². The Hall–Kier alpha value is -3.93. The van der Waals surface area contributed by atoms with E-state index >= 15 is 0 Å². The van der Waals surface area contributed by atoms with Crippen LogP contribution in [-0.4, -0.2) is 33.3 Å². The summed E-state index contributed by atoms with van der Waals surface area (Å²) in [6, 6.07) is 22.0. The molecule has 0 bridgehead atoms. The number of para-hydroxylation sites is 2. The molecule has 0 aliphatic carbocycles. The van der Waals surface area contributed by atoms with Crippen LogP contribution in [0.15, 0.2) is 72.8 Å². The smallest absolute Gasteiger partial charge is 0.251 e. The van der Waals surface area contributed by atoms with Gasteiger partial charge >= 0.3 is 0 Å². The van der Waals surface area contributed by atoms with Crippen molar-refractivity contribution in [1.82, 2.24) is 0 Å². The fourth-order valence-corrected chi connectivity index (χ4v) is 4.47. The zero-order valence-electron chi connectivity index (χ0n) is 19.9. The molecule has 0 saturated heterocycles. The van der Waals surface area contributed by atoms with Crippen molar-refractivity contribution in [3.8, 4) is 17.2 Å². The van der Waals surface area contributed by atoms with Gasteiger partial charge in [-0.25, -0.2) is 0 Å². The molecule has 0 unspecified atom stereocenters. The Morgan fingerprint density at radius 2 is 1.59 bits per heavy atom. The molecule has 3 aromatic carbocycles. The highest BCUT2D eigenvalue weighted by molar-refractivity contribution is 6.05. The summed E-state index contributed by atoms with van der Waals surface area (Å²) in [5.74, 6) is 1.52. The number of hydrogen-bond donors (Lipinski definition) is 1. The Balaban J connectivity index is 1.60. The third-order valence-corrected chi connectivity index (χ3v) is 6.05. The Morgan fingerprint density at radius 3 is 2.24 bits per heavy atom. The minimum absolute atomic E-state index is 0.0215. The molecule has 4 rings (SSSR count). The van der Waals surface area contributed by atoms with Crippen LogP contribution in [0, 0.1) is 0 Å². The molecule has 6 nitrogen and oxygen atoms in total. The lowest BCUT2D eigenvalue weighted by Gasteiger charge is -2.39. The zero-order valence-corrected chi connectivity index (χ0v) is 19.9. The van der Waals surface area contributed by atoms with Gasteiger partial charge in [-0.15, -0.1) is 0 Å². The molecule has 0 spiro atoms. The lowest BCUT2D eigenvalue weighted by molar-refractivity contribution is -0.114. The van der Waals surface area contributed by atoms with Gasteiger partial charge in [0.2, 0.25) is 5.75 Å². The highest BCUT2D eigenvalue weighted by atomic mass is 16.5. The van der Waals surface area contributed by atoms with Crippen LogP contribution in [0.2, 0.25) is 0 Å². The number of benzene rings is 3. The van der Waals surface area contributed by atoms with Crippen LogP contribution in [0.25, 0.3) is 6.08 Å². The molecule has 1 aliphatic rings. The van der Waals surface area contributed by atoms with Gasteiger partial charge < -0.3 is 24.4 Å². The van der Waals surface area contributed by atoms with Gasteiger partial charge in [-0.1, -0.05) is 36.4 Å². The molecule has 1 N–H and O–H groups in total. The van der Waals surface area contributed by atoms with E-state index in [1.165, 1.54) is 0 Å². The summed E-state index contributed by atoms with van der Waals surface area (Å²) in [4.78, 5) is 15.2. The Morgan fingerprint density at radius 1 is 0.941 bits per heavy atom. The van der Waals surface area contributed by atoms with Crippen molar-refractivity contribution in [2.75, 3.05) is 31.5 Å². The summed E-state index contributed by atoms with van der Waals surface area (Å²) in [6.07, 6.45) is 4.17. The number of hydrogen-bond acceptors (Lipinski definition) is 5. The van der Waals surface area contributed by atoms with Crippen LogP contribution in [0.4, 0.5) is 11.4 Å². The second-order valence-corrected chi connectivity index (χ2v) is 8.21. The molecular weight excluding hydrogens is 428 g/mol. The van der Waals surface area contributed by atoms with Gasteiger partial charge in [-0.3, -0.25) is 4.79 Å². The fraction of sp³-hybridized carbons (Fsp3) is 0.250. The number of fused-ring (bicyclic) bond motifs is 1. The Labute approximate surface area is 200 Å². The molecule has 1 heterocycles. The van der Waals surface area contributed by atoms with Crippen molar-refractivity contribution < 1.29 is 19.0 Å². The molecule has 0 aromatic heterocycles. The first kappa shape index (κ1) is 23.2. The quantitative estimate of drug-likeness (QED) is 0.460. The lowest BCUT2D eigenvalue weighted by Crippen LogP contribution is -2.43. The van der Waals surface area contributed by atoms with Crippen molar-refractivity contribution in [3.05, 3.63) is 83.9 Å². The fourth-order valence-electron chi connectivity index (χ4n) is 4.47. The normalized spacial score (nSPS) is 17.2. The Bertz CT molecular complexity index is 1150. The second kappa shape index (κ2) is 10.3. The van der Waals surface area contributed by atoms with Crippen molar-refractivity contribution in [1.29, 1.82) is 0 Å². The minimum Gasteiger partial charge on any atom is -0.493 e. The van der Waals surface area contributed by atoms with Crippen LogP contribution < -0.4 is 24.4 Å². The molecule has 0 radical (unpaired) electrons. The molecule has 6 heteroatoms. The van der Waals surface area contributed by atoms with Crippen molar-refractivity contribution in [3.63, 3.8) is 0 Å².